The minimum Gasteiger partial charge on any atom is -0.461 e. The van der Waals surface area contributed by atoms with E-state index in [0.29, 0.717) is 23.2 Å². The van der Waals surface area contributed by atoms with Gasteiger partial charge in [0.1, 0.15) is 30.5 Å². The Morgan fingerprint density at radius 2 is 1.41 bits per heavy atom. The van der Waals surface area contributed by atoms with Crippen LogP contribution >= 0.6 is 0 Å². The molecule has 6 N–H and O–H groups in total. The van der Waals surface area contributed by atoms with Crippen LogP contribution in [0.1, 0.15) is 119 Å². The number of Topliss-reactive ketones (excluding diaryl/α,β-unsaturated/α-hetero) is 1. The highest BCUT2D eigenvalue weighted by Crippen LogP contribution is 2.64. The lowest BCUT2D eigenvalue weighted by Crippen LogP contribution is -2.82. The van der Waals surface area contributed by atoms with Crippen molar-refractivity contribution in [2.45, 2.75) is 141 Å². The second-order valence-corrected chi connectivity index (χ2v) is 22.8. The van der Waals surface area contributed by atoms with Crippen molar-refractivity contribution < 1.29 is 77.0 Å². The van der Waals surface area contributed by atoms with Gasteiger partial charge >= 0.3 is 29.8 Å². The summed E-state index contributed by atoms with van der Waals surface area (Å²) in [6.45, 7) is 11.6. The van der Waals surface area contributed by atoms with Crippen LogP contribution in [0.2, 0.25) is 0 Å². The summed E-state index contributed by atoms with van der Waals surface area (Å²) in [5.41, 5.74) is -0.313. The molecule has 4 aromatic rings. The predicted octanol–water partition coefficient (Wildman–Crippen LogP) is 6.44. The van der Waals surface area contributed by atoms with Crippen molar-refractivity contribution in [3.8, 4) is 0 Å². The van der Waals surface area contributed by atoms with Crippen molar-refractivity contribution in [3.05, 3.63) is 149 Å². The van der Waals surface area contributed by atoms with E-state index in [1.807, 2.05) is 13.8 Å². The molecule has 3 fully saturated rings. The van der Waals surface area contributed by atoms with E-state index in [-0.39, 0.29) is 53.7 Å². The Labute approximate surface area is 470 Å². The molecular formula is C62H71N3O16. The second-order valence-electron chi connectivity index (χ2n) is 22.8. The van der Waals surface area contributed by atoms with Crippen LogP contribution in [0.3, 0.4) is 0 Å². The van der Waals surface area contributed by atoms with Crippen LogP contribution in [0, 0.1) is 28.6 Å². The number of amides is 2. The van der Waals surface area contributed by atoms with E-state index in [0.717, 1.165) is 13.8 Å². The summed E-state index contributed by atoms with van der Waals surface area (Å²) in [5.74, 6) is -9.50. The maximum Gasteiger partial charge on any atom is 0.338 e. The summed E-state index contributed by atoms with van der Waals surface area (Å²) in [7, 11) is 0. The zero-order chi connectivity index (χ0) is 58.8. The molecule has 19 nitrogen and oxygen atoms in total. The number of aliphatic hydroxyl groups is 2. The molecule has 0 radical (unpaired) electrons. The molecule has 1 aliphatic heterocycles. The largest absolute Gasteiger partial charge is 0.461 e. The third-order valence-corrected chi connectivity index (χ3v) is 16.7. The van der Waals surface area contributed by atoms with Crippen LogP contribution in [0.15, 0.2) is 126 Å². The van der Waals surface area contributed by atoms with E-state index >= 15 is 9.59 Å². The number of anilines is 1. The average Bonchev–Trinajstić information content (AvgIpc) is 3.33. The topological polar surface area (TPSA) is 282 Å². The van der Waals surface area contributed by atoms with Crippen molar-refractivity contribution in [1.82, 2.24) is 5.32 Å². The Balaban J connectivity index is 1.22. The fourth-order valence-electron chi connectivity index (χ4n) is 12.4. The van der Waals surface area contributed by atoms with Crippen molar-refractivity contribution in [2.24, 2.45) is 34.3 Å². The lowest BCUT2D eigenvalue weighted by atomic mass is 9.44. The van der Waals surface area contributed by atoms with Gasteiger partial charge < -0.3 is 55.0 Å². The number of fused-ring (bicyclic) bond motifs is 5. The summed E-state index contributed by atoms with van der Waals surface area (Å²) >= 11 is 0. The molecule has 4 aliphatic rings. The number of hydrogen-bond donors (Lipinski definition) is 5. The van der Waals surface area contributed by atoms with Crippen molar-refractivity contribution in [3.63, 3.8) is 0 Å². The van der Waals surface area contributed by atoms with Crippen LogP contribution in [-0.4, -0.2) is 112 Å². The summed E-state index contributed by atoms with van der Waals surface area (Å²) in [5, 5.41) is 32.1. The normalized spacial score (nSPS) is 27.4. The monoisotopic (exact) mass is 1110 g/mol. The molecule has 1 saturated heterocycles. The minimum absolute atomic E-state index is 0.0349. The fraction of sp³-hybridized carbons (Fsp3) is 0.452. The summed E-state index contributed by atoms with van der Waals surface area (Å²) in [6, 6.07) is 28.9. The standard InChI is InChI=1S/C62H71N3O16/c1-34(2)28-44(63)56(72)64-42-26-24-38(25-27-42)32-76-48(69)29-43(50(39-18-12-9-13-19-39)65-55(71)40-20-14-10-15-21-40)58(74)79-45-31-62(75)54(80-57(73)41-22-16-11-17-23-41)52-60(8,46(68)30-47-61(52,33-77-47)81-37(5)67)53(70)51(78-36(4)66)49(35(45)3)59(62,6)7/h9-27,34,43-47,50-52,54,68,75H,28-33,63H2,1-8H3,(H,64,72)(H,65,71)/t43-,44+,45+,46+,47-,50+,51-,52?,54+,60-,61+,62-/m1/s1. The molecule has 1 unspecified atom stereocenters. The van der Waals surface area contributed by atoms with Gasteiger partial charge in [-0.1, -0.05) is 107 Å². The number of carbonyl (C=O) groups excluding carboxylic acids is 8. The van der Waals surface area contributed by atoms with Gasteiger partial charge in [-0.2, -0.15) is 0 Å². The molecule has 12 atom stereocenters. The van der Waals surface area contributed by atoms with Gasteiger partial charge in [-0.3, -0.25) is 33.6 Å². The van der Waals surface area contributed by atoms with Crippen LogP contribution in [0.4, 0.5) is 5.69 Å². The number of nitrogens with two attached hydrogens (primary N) is 1. The van der Waals surface area contributed by atoms with Gasteiger partial charge in [0, 0.05) is 43.4 Å². The number of ether oxygens (including phenoxy) is 6. The number of esters is 5. The highest BCUT2D eigenvalue weighted by atomic mass is 16.6. The number of ketones is 1. The number of rotatable bonds is 18. The Bertz CT molecular complexity index is 3060. The maximum atomic E-state index is 15.9. The second kappa shape index (κ2) is 23.9. The van der Waals surface area contributed by atoms with E-state index in [1.165, 1.54) is 26.0 Å². The molecule has 430 valence electrons. The summed E-state index contributed by atoms with van der Waals surface area (Å²) < 4.78 is 36.9. The molecule has 81 heavy (non-hydrogen) atoms. The molecule has 2 amide bonds. The fourth-order valence-corrected chi connectivity index (χ4v) is 12.4. The molecule has 2 saturated carbocycles. The predicted molar refractivity (Wildman–Crippen MR) is 292 cm³/mol. The molecule has 4 aromatic carbocycles. The SMILES string of the molecule is CC(=O)O[C@H]1C(=O)[C@@]2(C)C([C@H](OC(=O)c3ccccc3)[C@]3(O)C[C@H](OC(=O)[C@H](CC(=O)OCc4ccc(NC(=O)[C@@H](N)CC(C)C)cc4)[C@@H](NC(=O)c4ccccc4)c4ccccc4)C(C)=C1C3(C)C)[C@]1(OC(C)=O)CO[C@@H]1C[C@@H]2O. The van der Waals surface area contributed by atoms with Gasteiger partial charge in [-0.15, -0.1) is 0 Å². The van der Waals surface area contributed by atoms with E-state index in [1.54, 1.807) is 117 Å². The smallest absolute Gasteiger partial charge is 0.338 e. The quantitative estimate of drug-likeness (QED) is 0.0407. The van der Waals surface area contributed by atoms with Gasteiger partial charge in [-0.25, -0.2) is 4.79 Å². The Morgan fingerprint density at radius 3 is 1.98 bits per heavy atom. The minimum atomic E-state index is -2.47. The molecule has 1 heterocycles. The highest BCUT2D eigenvalue weighted by Gasteiger charge is 2.78. The Morgan fingerprint density at radius 1 is 0.802 bits per heavy atom. The molecule has 0 spiro atoms. The zero-order valence-corrected chi connectivity index (χ0v) is 46.7. The molecule has 0 aromatic heterocycles. The van der Waals surface area contributed by atoms with Gasteiger partial charge in [0.15, 0.2) is 17.5 Å². The molecule has 19 heteroatoms. The number of nitrogens with one attached hydrogen (secondary N) is 2. The number of aliphatic hydroxyl groups excluding tert-OH is 1. The van der Waals surface area contributed by atoms with Crippen LogP contribution in [0.5, 0.6) is 0 Å². The molecule has 8 rings (SSSR count). The van der Waals surface area contributed by atoms with E-state index in [4.69, 9.17) is 34.2 Å². The van der Waals surface area contributed by atoms with Crippen molar-refractivity contribution in [1.29, 1.82) is 0 Å². The first-order valence-corrected chi connectivity index (χ1v) is 27.1. The van der Waals surface area contributed by atoms with Gasteiger partial charge in [-0.05, 0) is 84.9 Å². The first-order valence-electron chi connectivity index (χ1n) is 27.1. The molecule has 2 bridgehead atoms. The van der Waals surface area contributed by atoms with Gasteiger partial charge in [0.2, 0.25) is 5.91 Å². The third kappa shape index (κ3) is 11.8. The van der Waals surface area contributed by atoms with Crippen LogP contribution in [0.25, 0.3) is 0 Å². The van der Waals surface area contributed by atoms with Crippen molar-refractivity contribution >= 4 is 53.1 Å². The van der Waals surface area contributed by atoms with E-state index < -0.39 is 131 Å². The third-order valence-electron chi connectivity index (χ3n) is 16.7. The number of hydrogen-bond acceptors (Lipinski definition) is 17. The van der Waals surface area contributed by atoms with Crippen molar-refractivity contribution in [2.75, 3.05) is 11.9 Å². The highest BCUT2D eigenvalue weighted by molar-refractivity contribution is 5.97. The summed E-state index contributed by atoms with van der Waals surface area (Å²) in [4.78, 5) is 114. The van der Waals surface area contributed by atoms with E-state index in [2.05, 4.69) is 10.6 Å². The Kier molecular flexibility index (Phi) is 17.5. The van der Waals surface area contributed by atoms with Gasteiger partial charge in [0.25, 0.3) is 5.91 Å². The lowest BCUT2D eigenvalue weighted by molar-refractivity contribution is -0.346. The first-order chi connectivity index (χ1) is 38.3. The lowest BCUT2D eigenvalue weighted by Gasteiger charge is -2.67. The number of carbonyl (C=O) groups is 8. The summed E-state index contributed by atoms with van der Waals surface area (Å²) in [6.07, 6.45) is -9.07. The first kappa shape index (κ1) is 59.5. The van der Waals surface area contributed by atoms with Crippen LogP contribution in [-0.2, 0) is 63.8 Å². The van der Waals surface area contributed by atoms with Gasteiger partial charge in [0.05, 0.1) is 54.0 Å². The molecule has 3 aliphatic carbocycles. The van der Waals surface area contributed by atoms with Crippen LogP contribution < -0.4 is 16.4 Å². The van der Waals surface area contributed by atoms with E-state index in [9.17, 15) is 39.0 Å². The maximum absolute atomic E-state index is 15.9. The average molecular weight is 1110 g/mol. The molecular weight excluding hydrogens is 1040 g/mol. The zero-order valence-electron chi connectivity index (χ0n) is 46.7. The number of benzene rings is 4. The Hall–Kier alpha value is -7.58.